The van der Waals surface area contributed by atoms with Crippen molar-refractivity contribution in [2.24, 2.45) is 0 Å². The molecule has 1 aromatic carbocycles. The molecule has 1 aromatic rings. The third kappa shape index (κ3) is 3.10. The highest BCUT2D eigenvalue weighted by Gasteiger charge is 2.42. The number of nitrogen functional groups attached to an aromatic ring is 1. The van der Waals surface area contributed by atoms with Crippen LogP contribution in [0.1, 0.15) is 19.4 Å². The Labute approximate surface area is 122 Å². The summed E-state index contributed by atoms with van der Waals surface area (Å²) in [7, 11) is 0. The van der Waals surface area contributed by atoms with E-state index < -0.39 is 23.3 Å². The average Bonchev–Trinajstić information content (AvgIpc) is 2.40. The number of carbonyl (C=O) groups excluding carboxylic acids is 3. The van der Waals surface area contributed by atoms with Crippen LogP contribution in [0.15, 0.2) is 30.3 Å². The van der Waals surface area contributed by atoms with Crippen LogP contribution < -0.4 is 11.1 Å². The molecule has 0 atom stereocenters. The van der Waals surface area contributed by atoms with Gasteiger partial charge in [-0.1, -0.05) is 12.1 Å². The number of carbonyl (C=O) groups is 3. The molecule has 1 aliphatic heterocycles. The Kier molecular flexibility index (Phi) is 3.80. The molecular weight excluding hydrogens is 270 g/mol. The number of nitrogens with zero attached hydrogens (tertiary/aromatic N) is 1. The van der Waals surface area contributed by atoms with Gasteiger partial charge in [0.1, 0.15) is 12.1 Å². The van der Waals surface area contributed by atoms with Crippen molar-refractivity contribution in [3.05, 3.63) is 35.9 Å². The van der Waals surface area contributed by atoms with Crippen molar-refractivity contribution in [1.82, 2.24) is 10.2 Å². The van der Waals surface area contributed by atoms with Gasteiger partial charge in [-0.05, 0) is 37.6 Å². The van der Waals surface area contributed by atoms with Crippen LogP contribution in [0, 0.1) is 0 Å². The Morgan fingerprint density at radius 1 is 1.38 bits per heavy atom. The lowest BCUT2D eigenvalue weighted by atomic mass is 9.98. The monoisotopic (exact) mass is 287 g/mol. The summed E-state index contributed by atoms with van der Waals surface area (Å²) in [6, 6.07) is 7.06. The fourth-order valence-corrected chi connectivity index (χ4v) is 2.06. The Hall–Kier alpha value is -2.63. The Bertz CT molecular complexity index is 635. The van der Waals surface area contributed by atoms with E-state index >= 15 is 0 Å². The number of nitrogens with two attached hydrogens (primary N) is 1. The summed E-state index contributed by atoms with van der Waals surface area (Å²) in [6.45, 7) is 3.06. The second-order valence-corrected chi connectivity index (χ2v) is 5.36. The summed E-state index contributed by atoms with van der Waals surface area (Å²) in [5, 5.41) is 2.22. The maximum absolute atomic E-state index is 12.2. The number of hydrogen-bond donors (Lipinski definition) is 2. The molecule has 1 heterocycles. The molecule has 0 aliphatic carbocycles. The maximum Gasteiger partial charge on any atom is 0.252 e. The first kappa shape index (κ1) is 14.8. The highest BCUT2D eigenvalue weighted by atomic mass is 16.2. The lowest BCUT2D eigenvalue weighted by Crippen LogP contribution is -2.65. The molecule has 3 amide bonds. The number of hydrogen-bond acceptors (Lipinski definition) is 4. The van der Waals surface area contributed by atoms with Crippen LogP contribution in [0.25, 0.3) is 6.08 Å². The van der Waals surface area contributed by atoms with Gasteiger partial charge < -0.3 is 10.6 Å². The molecule has 0 spiro atoms. The normalized spacial score (nSPS) is 17.9. The summed E-state index contributed by atoms with van der Waals surface area (Å²) in [5.41, 5.74) is 5.96. The highest BCUT2D eigenvalue weighted by molar-refractivity contribution is 6.08. The van der Waals surface area contributed by atoms with Crippen molar-refractivity contribution in [2.75, 3.05) is 12.3 Å². The fraction of sp³-hybridized carbons (Fsp3) is 0.267. The number of imide groups is 1. The number of anilines is 1. The van der Waals surface area contributed by atoms with Gasteiger partial charge >= 0.3 is 0 Å². The molecule has 0 radical (unpaired) electrons. The second-order valence-electron chi connectivity index (χ2n) is 5.36. The number of rotatable bonds is 2. The molecule has 1 aliphatic rings. The molecule has 3 N–H and O–H groups in total. The molecule has 110 valence electrons. The molecule has 1 fully saturated rings. The lowest BCUT2D eigenvalue weighted by Gasteiger charge is -2.39. The number of piperazine rings is 1. The minimum atomic E-state index is -1.06. The van der Waals surface area contributed by atoms with E-state index in [4.69, 9.17) is 5.73 Å². The number of nitrogens with one attached hydrogen (secondary N) is 1. The topological polar surface area (TPSA) is 92.5 Å². The molecule has 0 bridgehead atoms. The smallest absolute Gasteiger partial charge is 0.252 e. The molecule has 0 aromatic heterocycles. The standard InChI is InChI=1S/C15H17N3O3/c1-15(2)14(21)17-12(19)9-18(15)13(20)7-6-10-4-3-5-11(16)8-10/h3-8H,9,16H2,1-2H3,(H,17,19,21)/b7-6+. The van der Waals surface area contributed by atoms with Crippen LogP contribution in [0.2, 0.25) is 0 Å². The van der Waals surface area contributed by atoms with Crippen LogP contribution in [0.3, 0.4) is 0 Å². The molecule has 6 nitrogen and oxygen atoms in total. The third-order valence-electron chi connectivity index (χ3n) is 3.38. The number of amides is 3. The molecule has 0 unspecified atom stereocenters. The molecule has 2 rings (SSSR count). The summed E-state index contributed by atoms with van der Waals surface area (Å²) in [5.74, 6) is -1.36. The van der Waals surface area contributed by atoms with Gasteiger partial charge in [-0.2, -0.15) is 0 Å². The Balaban J connectivity index is 2.19. The van der Waals surface area contributed by atoms with E-state index in [-0.39, 0.29) is 6.54 Å². The summed E-state index contributed by atoms with van der Waals surface area (Å²) in [6.07, 6.45) is 2.94. The third-order valence-corrected chi connectivity index (χ3v) is 3.38. The Morgan fingerprint density at radius 2 is 2.10 bits per heavy atom. The maximum atomic E-state index is 12.2. The molecule has 21 heavy (non-hydrogen) atoms. The minimum absolute atomic E-state index is 0.140. The van der Waals surface area contributed by atoms with Crippen molar-refractivity contribution in [1.29, 1.82) is 0 Å². The molecule has 0 saturated carbocycles. The lowest BCUT2D eigenvalue weighted by molar-refractivity contribution is -0.153. The van der Waals surface area contributed by atoms with Gasteiger partial charge in [0, 0.05) is 11.8 Å². The largest absolute Gasteiger partial charge is 0.399 e. The zero-order chi connectivity index (χ0) is 15.6. The predicted molar refractivity (Wildman–Crippen MR) is 78.8 cm³/mol. The zero-order valence-corrected chi connectivity index (χ0v) is 11.9. The Morgan fingerprint density at radius 3 is 2.76 bits per heavy atom. The fourth-order valence-electron chi connectivity index (χ4n) is 2.06. The first-order chi connectivity index (χ1) is 9.80. The van der Waals surface area contributed by atoms with Gasteiger partial charge in [-0.15, -0.1) is 0 Å². The first-order valence-electron chi connectivity index (χ1n) is 6.50. The van der Waals surface area contributed by atoms with E-state index in [9.17, 15) is 14.4 Å². The van der Waals surface area contributed by atoms with Crippen LogP contribution in [0.4, 0.5) is 5.69 Å². The highest BCUT2D eigenvalue weighted by Crippen LogP contribution is 2.19. The summed E-state index contributed by atoms with van der Waals surface area (Å²) < 4.78 is 0. The zero-order valence-electron chi connectivity index (χ0n) is 11.9. The van der Waals surface area contributed by atoms with Crippen LogP contribution in [-0.2, 0) is 14.4 Å². The quantitative estimate of drug-likeness (QED) is 0.472. The van der Waals surface area contributed by atoms with E-state index in [1.54, 1.807) is 44.2 Å². The van der Waals surface area contributed by atoms with E-state index in [0.717, 1.165) is 5.56 Å². The average molecular weight is 287 g/mol. The van der Waals surface area contributed by atoms with E-state index in [2.05, 4.69) is 5.32 Å². The van der Waals surface area contributed by atoms with E-state index in [1.165, 1.54) is 11.0 Å². The predicted octanol–water partition coefficient (Wildman–Crippen LogP) is 0.546. The van der Waals surface area contributed by atoms with E-state index in [1.807, 2.05) is 0 Å². The van der Waals surface area contributed by atoms with Gasteiger partial charge in [0.25, 0.3) is 5.91 Å². The van der Waals surface area contributed by atoms with Crippen molar-refractivity contribution >= 4 is 29.5 Å². The SMILES string of the molecule is CC1(C)C(=O)NC(=O)CN1C(=O)/C=C/c1cccc(N)c1. The summed E-state index contributed by atoms with van der Waals surface area (Å²) in [4.78, 5) is 36.7. The first-order valence-corrected chi connectivity index (χ1v) is 6.50. The van der Waals surface area contributed by atoms with Crippen molar-refractivity contribution in [3.63, 3.8) is 0 Å². The number of benzene rings is 1. The van der Waals surface area contributed by atoms with Crippen molar-refractivity contribution < 1.29 is 14.4 Å². The molecule has 1 saturated heterocycles. The van der Waals surface area contributed by atoms with Crippen LogP contribution >= 0.6 is 0 Å². The van der Waals surface area contributed by atoms with Crippen LogP contribution in [-0.4, -0.2) is 34.7 Å². The van der Waals surface area contributed by atoms with Gasteiger partial charge in [0.2, 0.25) is 11.8 Å². The van der Waals surface area contributed by atoms with Crippen LogP contribution in [0.5, 0.6) is 0 Å². The van der Waals surface area contributed by atoms with E-state index in [0.29, 0.717) is 5.69 Å². The van der Waals surface area contributed by atoms with Gasteiger partial charge in [-0.3, -0.25) is 19.7 Å². The molecular formula is C15H17N3O3. The summed E-state index contributed by atoms with van der Waals surface area (Å²) >= 11 is 0. The van der Waals surface area contributed by atoms with Gasteiger partial charge in [0.15, 0.2) is 0 Å². The second kappa shape index (κ2) is 5.40. The molecule has 6 heteroatoms. The van der Waals surface area contributed by atoms with Crippen molar-refractivity contribution in [2.45, 2.75) is 19.4 Å². The van der Waals surface area contributed by atoms with Gasteiger partial charge in [0.05, 0.1) is 0 Å². The van der Waals surface area contributed by atoms with Gasteiger partial charge in [-0.25, -0.2) is 0 Å². The minimum Gasteiger partial charge on any atom is -0.399 e. The van der Waals surface area contributed by atoms with Crippen molar-refractivity contribution in [3.8, 4) is 0 Å².